The quantitative estimate of drug-likeness (QED) is 0.903. The average molecular weight is 360 g/mol. The minimum absolute atomic E-state index is 0.213. The van der Waals surface area contributed by atoms with Crippen LogP contribution in [0, 0.1) is 0 Å². The van der Waals surface area contributed by atoms with E-state index < -0.39 is 10.0 Å². The molecule has 0 spiro atoms. The summed E-state index contributed by atoms with van der Waals surface area (Å²) in [5.41, 5.74) is 0.362. The van der Waals surface area contributed by atoms with E-state index >= 15 is 0 Å². The highest BCUT2D eigenvalue weighted by atomic mass is 32.2. The van der Waals surface area contributed by atoms with Crippen molar-refractivity contribution in [2.45, 2.75) is 30.6 Å². The average Bonchev–Trinajstić information content (AvgIpc) is 2.93. The molecule has 1 fully saturated rings. The Kier molecular flexibility index (Phi) is 5.40. The maximum absolute atomic E-state index is 12.7. The molecule has 1 aliphatic rings. The van der Waals surface area contributed by atoms with E-state index in [2.05, 4.69) is 15.3 Å². The van der Waals surface area contributed by atoms with Gasteiger partial charge in [0, 0.05) is 31.0 Å². The van der Waals surface area contributed by atoms with Gasteiger partial charge in [-0.3, -0.25) is 9.78 Å². The van der Waals surface area contributed by atoms with Crippen molar-refractivity contribution in [3.8, 4) is 0 Å². The second kappa shape index (κ2) is 7.71. The largest absolute Gasteiger partial charge is 0.305 e. The number of nitrogens with zero attached hydrogens (tertiary/aromatic N) is 3. The maximum atomic E-state index is 12.7. The normalized spacial score (nSPS) is 16.2. The highest BCUT2D eigenvalue weighted by Crippen LogP contribution is 2.20. The Morgan fingerprint density at radius 2 is 1.68 bits per heavy atom. The molecule has 1 N–H and O–H groups in total. The van der Waals surface area contributed by atoms with E-state index in [1.807, 2.05) is 0 Å². The van der Waals surface area contributed by atoms with Crippen LogP contribution in [0.15, 0.2) is 47.8 Å². The Morgan fingerprint density at radius 1 is 1.00 bits per heavy atom. The fourth-order valence-corrected chi connectivity index (χ4v) is 4.28. The van der Waals surface area contributed by atoms with Crippen molar-refractivity contribution in [1.82, 2.24) is 14.3 Å². The molecule has 1 aliphatic heterocycles. The van der Waals surface area contributed by atoms with E-state index in [1.165, 1.54) is 47.2 Å². The summed E-state index contributed by atoms with van der Waals surface area (Å²) in [5.74, 6) is -0.0204. The topological polar surface area (TPSA) is 92.3 Å². The second-order valence-electron chi connectivity index (χ2n) is 5.89. The van der Waals surface area contributed by atoms with Crippen molar-refractivity contribution >= 4 is 21.7 Å². The van der Waals surface area contributed by atoms with Gasteiger partial charge in [-0.2, -0.15) is 4.31 Å². The minimum atomic E-state index is -3.51. The fourth-order valence-electron chi connectivity index (χ4n) is 2.76. The van der Waals surface area contributed by atoms with Crippen LogP contribution in [-0.2, 0) is 10.0 Å². The van der Waals surface area contributed by atoms with Crippen LogP contribution >= 0.6 is 0 Å². The van der Waals surface area contributed by atoms with Crippen LogP contribution in [0.5, 0.6) is 0 Å². The molecule has 3 rings (SSSR count). The van der Waals surface area contributed by atoms with Gasteiger partial charge in [-0.25, -0.2) is 13.4 Å². The van der Waals surface area contributed by atoms with E-state index in [9.17, 15) is 13.2 Å². The van der Waals surface area contributed by atoms with Gasteiger partial charge in [0.15, 0.2) is 5.82 Å². The summed E-state index contributed by atoms with van der Waals surface area (Å²) in [4.78, 5) is 20.2. The zero-order chi connectivity index (χ0) is 17.7. The summed E-state index contributed by atoms with van der Waals surface area (Å²) >= 11 is 0. The second-order valence-corrected chi connectivity index (χ2v) is 7.83. The monoisotopic (exact) mass is 360 g/mol. The summed E-state index contributed by atoms with van der Waals surface area (Å²) in [5, 5.41) is 2.62. The SMILES string of the molecule is O=C(Nc1cnccn1)c1ccc(S(=O)(=O)N2CCCCCC2)cc1. The third kappa shape index (κ3) is 4.21. The molecular weight excluding hydrogens is 340 g/mol. The lowest BCUT2D eigenvalue weighted by Gasteiger charge is -2.20. The Morgan fingerprint density at radius 3 is 2.28 bits per heavy atom. The van der Waals surface area contributed by atoms with Crippen LogP contribution < -0.4 is 5.32 Å². The molecule has 25 heavy (non-hydrogen) atoms. The van der Waals surface area contributed by atoms with E-state index in [4.69, 9.17) is 0 Å². The van der Waals surface area contributed by atoms with Gasteiger partial charge >= 0.3 is 0 Å². The van der Waals surface area contributed by atoms with Crippen molar-refractivity contribution in [2.75, 3.05) is 18.4 Å². The molecule has 1 aromatic heterocycles. The van der Waals surface area contributed by atoms with Crippen molar-refractivity contribution in [1.29, 1.82) is 0 Å². The summed E-state index contributed by atoms with van der Waals surface area (Å²) < 4.78 is 27.0. The number of hydrogen-bond acceptors (Lipinski definition) is 5. The predicted octanol–water partition coefficient (Wildman–Crippen LogP) is 2.29. The van der Waals surface area contributed by atoms with Gasteiger partial charge in [-0.1, -0.05) is 12.8 Å². The van der Waals surface area contributed by atoms with Crippen LogP contribution in [0.4, 0.5) is 5.82 Å². The number of aromatic nitrogens is 2. The van der Waals surface area contributed by atoms with Crippen molar-refractivity contribution in [3.63, 3.8) is 0 Å². The molecule has 1 amide bonds. The molecule has 0 unspecified atom stereocenters. The number of amides is 1. The zero-order valence-electron chi connectivity index (χ0n) is 13.8. The van der Waals surface area contributed by atoms with Crippen LogP contribution in [0.2, 0.25) is 0 Å². The van der Waals surface area contributed by atoms with Crippen LogP contribution in [0.1, 0.15) is 36.0 Å². The lowest BCUT2D eigenvalue weighted by Crippen LogP contribution is -2.31. The van der Waals surface area contributed by atoms with Gasteiger partial charge in [0.25, 0.3) is 5.91 Å². The lowest BCUT2D eigenvalue weighted by atomic mass is 10.2. The Bertz CT molecular complexity index is 815. The van der Waals surface area contributed by atoms with Gasteiger partial charge in [0.2, 0.25) is 10.0 Å². The van der Waals surface area contributed by atoms with Crippen molar-refractivity contribution in [2.24, 2.45) is 0 Å². The summed E-state index contributed by atoms with van der Waals surface area (Å²) in [7, 11) is -3.51. The minimum Gasteiger partial charge on any atom is -0.305 e. The van der Waals surface area contributed by atoms with Crippen molar-refractivity contribution < 1.29 is 13.2 Å². The van der Waals surface area contributed by atoms with E-state index in [1.54, 1.807) is 0 Å². The van der Waals surface area contributed by atoms with Crippen molar-refractivity contribution in [3.05, 3.63) is 48.4 Å². The van der Waals surface area contributed by atoms with Gasteiger partial charge in [0.05, 0.1) is 11.1 Å². The van der Waals surface area contributed by atoms with E-state index in [0.29, 0.717) is 24.5 Å². The predicted molar refractivity (Wildman–Crippen MR) is 93.7 cm³/mol. The Balaban J connectivity index is 1.74. The van der Waals surface area contributed by atoms with E-state index in [0.717, 1.165) is 25.7 Å². The first-order valence-electron chi connectivity index (χ1n) is 8.25. The first-order chi connectivity index (χ1) is 12.1. The van der Waals surface area contributed by atoms with Crippen LogP contribution in [-0.4, -0.2) is 41.7 Å². The van der Waals surface area contributed by atoms with Gasteiger partial charge in [-0.05, 0) is 37.1 Å². The number of carbonyl (C=O) groups excluding carboxylic acids is 1. The van der Waals surface area contributed by atoms with Gasteiger partial charge in [0.1, 0.15) is 0 Å². The Labute approximate surface area is 147 Å². The number of hydrogen-bond donors (Lipinski definition) is 1. The molecule has 132 valence electrons. The smallest absolute Gasteiger partial charge is 0.256 e. The highest BCUT2D eigenvalue weighted by Gasteiger charge is 2.25. The number of benzene rings is 1. The number of nitrogens with one attached hydrogen (secondary N) is 1. The third-order valence-electron chi connectivity index (χ3n) is 4.12. The molecule has 0 aliphatic carbocycles. The molecule has 8 heteroatoms. The fraction of sp³-hybridized carbons (Fsp3) is 0.353. The first-order valence-corrected chi connectivity index (χ1v) is 9.69. The number of anilines is 1. The zero-order valence-corrected chi connectivity index (χ0v) is 14.6. The molecule has 2 heterocycles. The van der Waals surface area contributed by atoms with Gasteiger partial charge < -0.3 is 5.32 Å². The standard InChI is InChI=1S/C17H20N4O3S/c22-17(20-16-13-18-9-10-19-16)14-5-7-15(8-6-14)25(23,24)21-11-3-1-2-4-12-21/h5-10,13H,1-4,11-12H2,(H,19,20,22). The van der Waals surface area contributed by atoms with E-state index in [-0.39, 0.29) is 10.8 Å². The first kappa shape index (κ1) is 17.5. The summed E-state index contributed by atoms with van der Waals surface area (Å²) in [6, 6.07) is 5.98. The highest BCUT2D eigenvalue weighted by molar-refractivity contribution is 7.89. The molecule has 7 nitrogen and oxygen atoms in total. The molecule has 0 bridgehead atoms. The third-order valence-corrected chi connectivity index (χ3v) is 6.04. The lowest BCUT2D eigenvalue weighted by molar-refractivity contribution is 0.102. The number of rotatable bonds is 4. The molecule has 2 aromatic rings. The Hall–Kier alpha value is -2.32. The summed E-state index contributed by atoms with van der Waals surface area (Å²) in [6.45, 7) is 1.11. The molecule has 1 saturated heterocycles. The number of carbonyl (C=O) groups is 1. The molecular formula is C17H20N4O3S. The van der Waals surface area contributed by atoms with Crippen LogP contribution in [0.25, 0.3) is 0 Å². The van der Waals surface area contributed by atoms with Gasteiger partial charge in [-0.15, -0.1) is 0 Å². The van der Waals surface area contributed by atoms with Crippen LogP contribution in [0.3, 0.4) is 0 Å². The molecule has 0 atom stereocenters. The maximum Gasteiger partial charge on any atom is 0.256 e. The molecule has 0 radical (unpaired) electrons. The molecule has 0 saturated carbocycles. The summed E-state index contributed by atoms with van der Waals surface area (Å²) in [6.07, 6.45) is 8.33. The molecule has 1 aromatic carbocycles. The number of sulfonamides is 1.